The Bertz CT molecular complexity index is 1100. The molecule has 3 aromatic rings. The highest BCUT2D eigenvalue weighted by Gasteiger charge is 2.33. The van der Waals surface area contributed by atoms with Crippen molar-refractivity contribution >= 4 is 17.2 Å². The molecule has 0 bridgehead atoms. The number of ether oxygens (including phenoxy) is 1. The number of fused-ring (bicyclic) bond motifs is 1. The number of imidazole rings is 1. The normalized spacial score (nSPS) is 14.9. The van der Waals surface area contributed by atoms with E-state index in [4.69, 9.17) is 4.74 Å². The number of alkyl halides is 3. The van der Waals surface area contributed by atoms with Gasteiger partial charge in [-0.3, -0.25) is 9.20 Å². The SMILES string of the molecule is CCc1nc2ccc(C(F)(F)F)cn2c1C(=O)N1CCN(c2ccccc2OC)CC1. The number of amides is 1. The Morgan fingerprint density at radius 1 is 1.10 bits per heavy atom. The topological polar surface area (TPSA) is 50.1 Å². The molecule has 6 nitrogen and oxygen atoms in total. The van der Waals surface area contributed by atoms with Crippen molar-refractivity contribution in [3.05, 3.63) is 59.5 Å². The van der Waals surface area contributed by atoms with Crippen molar-refractivity contribution < 1.29 is 22.7 Å². The summed E-state index contributed by atoms with van der Waals surface area (Å²) >= 11 is 0. The van der Waals surface area contributed by atoms with Gasteiger partial charge in [-0.2, -0.15) is 13.2 Å². The summed E-state index contributed by atoms with van der Waals surface area (Å²) in [6, 6.07) is 9.97. The molecule has 4 rings (SSSR count). The van der Waals surface area contributed by atoms with E-state index in [9.17, 15) is 18.0 Å². The molecule has 1 aromatic carbocycles. The molecular weight excluding hydrogens is 409 g/mol. The maximum Gasteiger partial charge on any atom is 0.417 e. The first-order valence-corrected chi connectivity index (χ1v) is 10.1. The van der Waals surface area contributed by atoms with E-state index in [1.54, 1.807) is 12.0 Å². The fraction of sp³-hybridized carbons (Fsp3) is 0.364. The van der Waals surface area contributed by atoms with E-state index in [2.05, 4.69) is 9.88 Å². The summed E-state index contributed by atoms with van der Waals surface area (Å²) in [4.78, 5) is 21.5. The molecule has 1 saturated heterocycles. The van der Waals surface area contributed by atoms with Crippen LogP contribution < -0.4 is 9.64 Å². The Hall–Kier alpha value is -3.23. The number of hydrogen-bond acceptors (Lipinski definition) is 4. The van der Waals surface area contributed by atoms with Crippen molar-refractivity contribution in [3.63, 3.8) is 0 Å². The largest absolute Gasteiger partial charge is 0.495 e. The summed E-state index contributed by atoms with van der Waals surface area (Å²) in [6.45, 7) is 3.93. The summed E-state index contributed by atoms with van der Waals surface area (Å²) in [5.74, 6) is 0.459. The van der Waals surface area contributed by atoms with Crippen LogP contribution >= 0.6 is 0 Å². The van der Waals surface area contributed by atoms with Crippen molar-refractivity contribution in [1.82, 2.24) is 14.3 Å². The highest BCUT2D eigenvalue weighted by Crippen LogP contribution is 2.31. The third-order valence-corrected chi connectivity index (χ3v) is 5.55. The number of benzene rings is 1. The molecule has 31 heavy (non-hydrogen) atoms. The first-order chi connectivity index (χ1) is 14.8. The van der Waals surface area contributed by atoms with Crippen molar-refractivity contribution in [3.8, 4) is 5.75 Å². The van der Waals surface area contributed by atoms with Gasteiger partial charge < -0.3 is 14.5 Å². The molecule has 2 aromatic heterocycles. The van der Waals surface area contributed by atoms with Crippen LogP contribution in [-0.2, 0) is 12.6 Å². The standard InChI is InChI=1S/C22H23F3N4O2/c1-3-16-20(29-14-15(22(23,24)25)8-9-19(29)26-16)21(30)28-12-10-27(11-13-28)17-6-4-5-7-18(17)31-2/h4-9,14H,3,10-13H2,1-2H3. The van der Waals surface area contributed by atoms with Gasteiger partial charge in [0, 0.05) is 32.4 Å². The molecule has 1 amide bonds. The van der Waals surface area contributed by atoms with Gasteiger partial charge in [-0.1, -0.05) is 19.1 Å². The molecule has 3 heterocycles. The smallest absolute Gasteiger partial charge is 0.417 e. The fourth-order valence-electron chi connectivity index (χ4n) is 3.93. The average Bonchev–Trinajstić information content (AvgIpc) is 3.16. The predicted octanol–water partition coefficient (Wildman–Crippen LogP) is 3.89. The zero-order valence-corrected chi connectivity index (χ0v) is 17.3. The molecule has 0 N–H and O–H groups in total. The summed E-state index contributed by atoms with van der Waals surface area (Å²) in [7, 11) is 1.62. The lowest BCUT2D eigenvalue weighted by molar-refractivity contribution is -0.137. The van der Waals surface area contributed by atoms with E-state index in [-0.39, 0.29) is 11.6 Å². The molecule has 0 unspecified atom stereocenters. The van der Waals surface area contributed by atoms with Crippen molar-refractivity contribution in [2.45, 2.75) is 19.5 Å². The van der Waals surface area contributed by atoms with E-state index in [1.807, 2.05) is 31.2 Å². The number of hydrogen-bond donors (Lipinski definition) is 0. The van der Waals surface area contributed by atoms with E-state index in [0.29, 0.717) is 43.9 Å². The number of anilines is 1. The lowest BCUT2D eigenvalue weighted by atomic mass is 10.2. The predicted molar refractivity (Wildman–Crippen MR) is 111 cm³/mol. The third-order valence-electron chi connectivity index (χ3n) is 5.55. The van der Waals surface area contributed by atoms with Gasteiger partial charge >= 0.3 is 6.18 Å². The second-order valence-corrected chi connectivity index (χ2v) is 7.36. The van der Waals surface area contributed by atoms with Crippen LogP contribution in [0, 0.1) is 0 Å². The number of methoxy groups -OCH3 is 1. The van der Waals surface area contributed by atoms with Crippen LogP contribution in [0.1, 0.15) is 28.7 Å². The number of nitrogens with zero attached hydrogens (tertiary/aromatic N) is 4. The molecule has 0 aliphatic carbocycles. The highest BCUT2D eigenvalue weighted by molar-refractivity contribution is 5.95. The molecule has 164 valence electrons. The minimum absolute atomic E-state index is 0.203. The number of piperazine rings is 1. The average molecular weight is 432 g/mol. The number of carbonyl (C=O) groups excluding carboxylic acids is 1. The number of para-hydroxylation sites is 2. The summed E-state index contributed by atoms with van der Waals surface area (Å²) in [5.41, 5.74) is 1.18. The van der Waals surface area contributed by atoms with Crippen molar-refractivity contribution in [2.75, 3.05) is 38.2 Å². The molecule has 0 atom stereocenters. The van der Waals surface area contributed by atoms with Gasteiger partial charge in [0.25, 0.3) is 5.91 Å². The highest BCUT2D eigenvalue weighted by atomic mass is 19.4. The Kier molecular flexibility index (Phi) is 5.51. The van der Waals surface area contributed by atoms with Gasteiger partial charge in [-0.05, 0) is 30.7 Å². The van der Waals surface area contributed by atoms with Crippen LogP contribution in [0.2, 0.25) is 0 Å². The van der Waals surface area contributed by atoms with Gasteiger partial charge in [0.15, 0.2) is 0 Å². The number of aryl methyl sites for hydroxylation is 1. The van der Waals surface area contributed by atoms with Crippen LogP contribution in [0.3, 0.4) is 0 Å². The molecule has 0 spiro atoms. The Morgan fingerprint density at radius 3 is 2.45 bits per heavy atom. The zero-order valence-electron chi connectivity index (χ0n) is 17.3. The zero-order chi connectivity index (χ0) is 22.2. The molecule has 0 saturated carbocycles. The molecular formula is C22H23F3N4O2. The van der Waals surface area contributed by atoms with Crippen LogP contribution in [0.5, 0.6) is 5.75 Å². The lowest BCUT2D eigenvalue weighted by Crippen LogP contribution is -2.49. The number of aromatic nitrogens is 2. The van der Waals surface area contributed by atoms with Gasteiger partial charge in [-0.15, -0.1) is 0 Å². The number of rotatable bonds is 4. The molecule has 1 aliphatic rings. The van der Waals surface area contributed by atoms with Crippen LogP contribution in [0.25, 0.3) is 5.65 Å². The van der Waals surface area contributed by atoms with Crippen LogP contribution in [0.15, 0.2) is 42.6 Å². The summed E-state index contributed by atoms with van der Waals surface area (Å²) < 4.78 is 46.3. The van der Waals surface area contributed by atoms with Crippen LogP contribution in [-0.4, -0.2) is 53.5 Å². The molecule has 1 aliphatic heterocycles. The van der Waals surface area contributed by atoms with Crippen LogP contribution in [0.4, 0.5) is 18.9 Å². The van der Waals surface area contributed by atoms with Gasteiger partial charge in [0.05, 0.1) is 24.1 Å². The van der Waals surface area contributed by atoms with Gasteiger partial charge in [0.2, 0.25) is 0 Å². The maximum absolute atomic E-state index is 13.3. The molecule has 0 radical (unpaired) electrons. The van der Waals surface area contributed by atoms with E-state index >= 15 is 0 Å². The second-order valence-electron chi connectivity index (χ2n) is 7.36. The second kappa shape index (κ2) is 8.13. The van der Waals surface area contributed by atoms with Crippen molar-refractivity contribution in [1.29, 1.82) is 0 Å². The van der Waals surface area contributed by atoms with Gasteiger partial charge in [0.1, 0.15) is 17.1 Å². The Labute approximate surface area is 177 Å². The fourth-order valence-corrected chi connectivity index (χ4v) is 3.93. The lowest BCUT2D eigenvalue weighted by Gasteiger charge is -2.36. The number of halogens is 3. The Morgan fingerprint density at radius 2 is 1.81 bits per heavy atom. The van der Waals surface area contributed by atoms with E-state index in [1.165, 1.54) is 10.5 Å². The Balaban J connectivity index is 1.60. The third kappa shape index (κ3) is 3.92. The van der Waals surface area contributed by atoms with E-state index in [0.717, 1.165) is 23.7 Å². The quantitative estimate of drug-likeness (QED) is 0.628. The maximum atomic E-state index is 13.3. The molecule has 1 fully saturated rings. The minimum Gasteiger partial charge on any atom is -0.495 e. The monoisotopic (exact) mass is 432 g/mol. The summed E-state index contributed by atoms with van der Waals surface area (Å²) in [5, 5.41) is 0. The number of pyridine rings is 1. The van der Waals surface area contributed by atoms with Gasteiger partial charge in [-0.25, -0.2) is 4.98 Å². The minimum atomic E-state index is -4.49. The first-order valence-electron chi connectivity index (χ1n) is 10.1. The van der Waals surface area contributed by atoms with E-state index < -0.39 is 11.7 Å². The number of carbonyl (C=O) groups is 1. The summed E-state index contributed by atoms with van der Waals surface area (Å²) in [6.07, 6.45) is -3.09. The first kappa shape index (κ1) is 21.0. The molecule has 9 heteroatoms. The van der Waals surface area contributed by atoms with Crippen molar-refractivity contribution in [2.24, 2.45) is 0 Å².